The number of amides is 1. The zero-order valence-electron chi connectivity index (χ0n) is 19.4. The molecule has 1 aliphatic carbocycles. The highest BCUT2D eigenvalue weighted by Gasteiger charge is 2.46. The molecule has 0 N–H and O–H groups in total. The molecule has 2 aliphatic heterocycles. The molecular formula is C23H46N2O2. The fourth-order valence-electron chi connectivity index (χ4n) is 4.38. The molecular weight excluding hydrogens is 336 g/mol. The minimum atomic E-state index is 0.0780. The second kappa shape index (κ2) is 13.3. The average Bonchev–Trinajstić information content (AvgIpc) is 2.71. The lowest BCUT2D eigenvalue weighted by Gasteiger charge is -2.51. The number of rotatable bonds is 2. The lowest BCUT2D eigenvalue weighted by atomic mass is 9.61. The number of Topliss-reactive ketones (excluding diaryl/α,β-unsaturated/α-hetero) is 1. The van der Waals surface area contributed by atoms with Crippen molar-refractivity contribution < 1.29 is 9.59 Å². The fourth-order valence-corrected chi connectivity index (χ4v) is 4.38. The van der Waals surface area contributed by atoms with Crippen LogP contribution in [0.2, 0.25) is 0 Å². The molecule has 27 heavy (non-hydrogen) atoms. The molecule has 4 nitrogen and oxygen atoms in total. The first-order valence-corrected chi connectivity index (χ1v) is 11.5. The summed E-state index contributed by atoms with van der Waals surface area (Å²) in [6.07, 6.45) is 6.63. The van der Waals surface area contributed by atoms with E-state index in [0.717, 1.165) is 38.9 Å². The third-order valence-electron chi connectivity index (χ3n) is 6.02. The molecule has 2 saturated heterocycles. The van der Waals surface area contributed by atoms with E-state index >= 15 is 0 Å². The topological polar surface area (TPSA) is 40.6 Å². The Bertz CT molecular complexity index is 424. The largest absolute Gasteiger partial charge is 0.341 e. The van der Waals surface area contributed by atoms with Gasteiger partial charge in [0, 0.05) is 24.9 Å². The molecule has 4 heteroatoms. The number of hydrogen-bond acceptors (Lipinski definition) is 3. The van der Waals surface area contributed by atoms with Crippen LogP contribution >= 0.6 is 0 Å². The van der Waals surface area contributed by atoms with E-state index < -0.39 is 0 Å². The van der Waals surface area contributed by atoms with Crippen molar-refractivity contribution in [3.8, 4) is 0 Å². The summed E-state index contributed by atoms with van der Waals surface area (Å²) in [5, 5.41) is 0. The van der Waals surface area contributed by atoms with Crippen molar-refractivity contribution in [2.24, 2.45) is 17.3 Å². The maximum absolute atomic E-state index is 12.9. The minimum absolute atomic E-state index is 0.0780. The van der Waals surface area contributed by atoms with Gasteiger partial charge in [0.15, 0.2) is 0 Å². The highest BCUT2D eigenvalue weighted by Crippen LogP contribution is 2.49. The van der Waals surface area contributed by atoms with Gasteiger partial charge in [0.2, 0.25) is 5.91 Å². The van der Waals surface area contributed by atoms with Crippen LogP contribution in [0.4, 0.5) is 0 Å². The quantitative estimate of drug-likeness (QED) is 0.673. The SMILES string of the molecule is CC.CC.CC.CC(=O)C1CN(C(=O)C2CCN(C)CC2)CC2(CCC2)C1. The molecule has 0 aromatic heterocycles. The van der Waals surface area contributed by atoms with Gasteiger partial charge in [0.25, 0.3) is 0 Å². The Kier molecular flexibility index (Phi) is 12.9. The molecule has 0 radical (unpaired) electrons. The molecule has 1 atom stereocenters. The van der Waals surface area contributed by atoms with Crippen molar-refractivity contribution in [2.45, 2.75) is 87.0 Å². The zero-order valence-corrected chi connectivity index (χ0v) is 19.4. The van der Waals surface area contributed by atoms with E-state index in [1.165, 1.54) is 19.3 Å². The van der Waals surface area contributed by atoms with Crippen LogP contribution in [0.15, 0.2) is 0 Å². The van der Waals surface area contributed by atoms with Crippen LogP contribution in [0.25, 0.3) is 0 Å². The van der Waals surface area contributed by atoms with E-state index in [1.807, 2.05) is 46.4 Å². The fraction of sp³-hybridized carbons (Fsp3) is 0.913. The molecule has 3 aliphatic rings. The van der Waals surface area contributed by atoms with Gasteiger partial charge in [-0.25, -0.2) is 0 Å². The standard InChI is InChI=1S/C17H28N2O2.3C2H6/c1-13(20)15-10-17(6-3-7-17)12-19(11-15)16(21)14-4-8-18(2)9-5-14;3*1-2/h14-15H,3-12H2,1-2H3;3*1-2H3. The third-order valence-corrected chi connectivity index (χ3v) is 6.02. The number of piperidine rings is 2. The molecule has 3 fully saturated rings. The third kappa shape index (κ3) is 7.21. The Balaban J connectivity index is 0.00000103. The average molecular weight is 383 g/mol. The normalized spacial score (nSPS) is 24.1. The summed E-state index contributed by atoms with van der Waals surface area (Å²) in [5.74, 6) is 0.848. The number of hydrogen-bond donors (Lipinski definition) is 0. The van der Waals surface area contributed by atoms with Crippen molar-refractivity contribution in [1.82, 2.24) is 9.80 Å². The van der Waals surface area contributed by atoms with E-state index in [0.29, 0.717) is 12.5 Å². The molecule has 1 spiro atoms. The summed E-state index contributed by atoms with van der Waals surface area (Å²) in [5.41, 5.74) is 0.274. The first-order chi connectivity index (χ1) is 13.0. The van der Waals surface area contributed by atoms with Crippen LogP contribution in [-0.4, -0.2) is 54.7 Å². The predicted octanol–water partition coefficient (Wildman–Crippen LogP) is 5.01. The van der Waals surface area contributed by atoms with Gasteiger partial charge in [-0.15, -0.1) is 0 Å². The van der Waals surface area contributed by atoms with Crippen molar-refractivity contribution in [1.29, 1.82) is 0 Å². The van der Waals surface area contributed by atoms with Crippen LogP contribution in [0, 0.1) is 17.3 Å². The molecule has 1 saturated carbocycles. The summed E-state index contributed by atoms with van der Waals surface area (Å²) in [4.78, 5) is 29.1. The van der Waals surface area contributed by atoms with E-state index in [4.69, 9.17) is 0 Å². The summed E-state index contributed by atoms with van der Waals surface area (Å²) in [6.45, 7) is 17.3. The van der Waals surface area contributed by atoms with Crippen LogP contribution < -0.4 is 0 Å². The Morgan fingerprint density at radius 2 is 1.41 bits per heavy atom. The first kappa shape index (κ1) is 26.1. The monoisotopic (exact) mass is 382 g/mol. The summed E-state index contributed by atoms with van der Waals surface area (Å²) >= 11 is 0. The molecule has 2 heterocycles. The van der Waals surface area contributed by atoms with Crippen LogP contribution in [0.1, 0.15) is 87.0 Å². The molecule has 0 aromatic carbocycles. The van der Waals surface area contributed by atoms with E-state index in [1.54, 1.807) is 6.92 Å². The Hall–Kier alpha value is -0.900. The summed E-state index contributed by atoms with van der Waals surface area (Å²) in [7, 11) is 2.12. The van der Waals surface area contributed by atoms with Crippen molar-refractivity contribution in [3.05, 3.63) is 0 Å². The maximum Gasteiger partial charge on any atom is 0.225 e. The molecule has 160 valence electrons. The van der Waals surface area contributed by atoms with Crippen LogP contribution in [-0.2, 0) is 9.59 Å². The van der Waals surface area contributed by atoms with Gasteiger partial charge < -0.3 is 9.80 Å². The summed E-state index contributed by atoms with van der Waals surface area (Å²) in [6, 6.07) is 0. The van der Waals surface area contributed by atoms with Crippen molar-refractivity contribution in [3.63, 3.8) is 0 Å². The van der Waals surface area contributed by atoms with Crippen molar-refractivity contribution in [2.75, 3.05) is 33.2 Å². The van der Waals surface area contributed by atoms with Gasteiger partial charge in [0.1, 0.15) is 5.78 Å². The zero-order chi connectivity index (χ0) is 21.0. The lowest BCUT2D eigenvalue weighted by Crippen LogP contribution is -2.55. The van der Waals surface area contributed by atoms with Gasteiger partial charge in [-0.1, -0.05) is 48.0 Å². The highest BCUT2D eigenvalue weighted by atomic mass is 16.2. The number of carbonyl (C=O) groups is 2. The molecule has 1 unspecified atom stereocenters. The van der Waals surface area contributed by atoms with Crippen LogP contribution in [0.3, 0.4) is 0 Å². The maximum atomic E-state index is 12.9. The first-order valence-electron chi connectivity index (χ1n) is 11.5. The molecule has 0 aromatic rings. The van der Waals surface area contributed by atoms with E-state index in [9.17, 15) is 9.59 Å². The number of likely N-dealkylation sites (tertiary alicyclic amines) is 2. The van der Waals surface area contributed by atoms with E-state index in [2.05, 4.69) is 11.9 Å². The summed E-state index contributed by atoms with van der Waals surface area (Å²) < 4.78 is 0. The smallest absolute Gasteiger partial charge is 0.225 e. The Labute approximate surface area is 169 Å². The molecule has 0 bridgehead atoms. The van der Waals surface area contributed by atoms with Gasteiger partial charge >= 0.3 is 0 Å². The van der Waals surface area contributed by atoms with Gasteiger partial charge in [-0.05, 0) is 64.6 Å². The van der Waals surface area contributed by atoms with E-state index in [-0.39, 0.29) is 23.0 Å². The Morgan fingerprint density at radius 1 is 0.889 bits per heavy atom. The van der Waals surface area contributed by atoms with Crippen molar-refractivity contribution >= 4 is 11.7 Å². The minimum Gasteiger partial charge on any atom is -0.341 e. The van der Waals surface area contributed by atoms with Crippen LogP contribution in [0.5, 0.6) is 0 Å². The Morgan fingerprint density at radius 3 is 1.81 bits per heavy atom. The highest BCUT2D eigenvalue weighted by molar-refractivity contribution is 5.82. The van der Waals surface area contributed by atoms with Gasteiger partial charge in [-0.2, -0.15) is 0 Å². The van der Waals surface area contributed by atoms with Gasteiger partial charge in [-0.3, -0.25) is 9.59 Å². The lowest BCUT2D eigenvalue weighted by molar-refractivity contribution is -0.146. The number of carbonyl (C=O) groups excluding carboxylic acids is 2. The molecule has 3 rings (SSSR count). The second-order valence-corrected chi connectivity index (χ2v) is 7.66. The molecule has 1 amide bonds. The number of ketones is 1. The van der Waals surface area contributed by atoms with Gasteiger partial charge in [0.05, 0.1) is 0 Å². The predicted molar refractivity (Wildman–Crippen MR) is 116 cm³/mol. The number of nitrogens with zero attached hydrogens (tertiary/aromatic N) is 2. The second-order valence-electron chi connectivity index (χ2n) is 7.66.